The molecule has 1 N–H and O–H groups in total. The Kier molecular flexibility index (Phi) is 4.80. The molecule has 0 spiro atoms. The summed E-state index contributed by atoms with van der Waals surface area (Å²) < 4.78 is 18.2. The van der Waals surface area contributed by atoms with E-state index in [1.807, 2.05) is 0 Å². The van der Waals surface area contributed by atoms with Crippen LogP contribution in [-0.2, 0) is 4.74 Å². The minimum atomic E-state index is -0.382. The molecule has 0 amide bonds. The molecule has 1 saturated heterocycles. The fourth-order valence-electron chi connectivity index (χ4n) is 1.51. The number of nitrogens with one attached hydrogen (secondary N) is 1. The van der Waals surface area contributed by atoms with E-state index in [1.54, 1.807) is 12.1 Å². The molecule has 5 heteroatoms. The summed E-state index contributed by atoms with van der Waals surface area (Å²) in [5.74, 6) is -0.382. The number of hydrogen-bond donors (Lipinski definition) is 1. The second-order valence-electron chi connectivity index (χ2n) is 3.26. The van der Waals surface area contributed by atoms with Crippen LogP contribution < -0.4 is 5.32 Å². The Morgan fingerprint density at radius 2 is 2.27 bits per heavy atom. The molecular weight excluding hydrogens is 240 g/mol. The number of hydrogen-bond acceptors (Lipinski definition) is 2. The molecular formula is C10H12Cl2FNO. The van der Waals surface area contributed by atoms with Gasteiger partial charge in [0.15, 0.2) is 0 Å². The Bertz CT molecular complexity index is 329. The molecule has 0 saturated carbocycles. The van der Waals surface area contributed by atoms with Crippen molar-refractivity contribution < 1.29 is 9.13 Å². The van der Waals surface area contributed by atoms with Gasteiger partial charge in [0.05, 0.1) is 24.3 Å². The van der Waals surface area contributed by atoms with E-state index in [2.05, 4.69) is 5.32 Å². The maximum absolute atomic E-state index is 12.9. The standard InChI is InChI=1S/C10H11ClFNO.ClH/c11-8-5-7(1-2-9(8)12)10-6-14-4-3-13-10;/h1-2,5,10,13H,3-4,6H2;1H/t10-;/m1./s1. The van der Waals surface area contributed by atoms with Crippen molar-refractivity contribution in [3.05, 3.63) is 34.6 Å². The van der Waals surface area contributed by atoms with Crippen molar-refractivity contribution in [2.75, 3.05) is 19.8 Å². The van der Waals surface area contributed by atoms with Crippen LogP contribution in [0.1, 0.15) is 11.6 Å². The van der Waals surface area contributed by atoms with Crippen LogP contribution in [0.4, 0.5) is 4.39 Å². The highest BCUT2D eigenvalue weighted by molar-refractivity contribution is 6.30. The van der Waals surface area contributed by atoms with Crippen molar-refractivity contribution in [3.63, 3.8) is 0 Å². The monoisotopic (exact) mass is 251 g/mol. The summed E-state index contributed by atoms with van der Waals surface area (Å²) in [5, 5.41) is 3.44. The third kappa shape index (κ3) is 3.05. The lowest BCUT2D eigenvalue weighted by molar-refractivity contribution is 0.0768. The summed E-state index contributed by atoms with van der Waals surface area (Å²) in [5.41, 5.74) is 0.969. The van der Waals surface area contributed by atoms with E-state index in [9.17, 15) is 4.39 Å². The van der Waals surface area contributed by atoms with Crippen LogP contribution in [0.3, 0.4) is 0 Å². The summed E-state index contributed by atoms with van der Waals surface area (Å²) >= 11 is 5.69. The van der Waals surface area contributed by atoms with Crippen LogP contribution in [0, 0.1) is 5.82 Å². The number of morpholine rings is 1. The zero-order valence-corrected chi connectivity index (χ0v) is 9.58. The third-order valence-corrected chi connectivity index (χ3v) is 2.56. The highest BCUT2D eigenvalue weighted by atomic mass is 35.5. The predicted molar refractivity (Wildman–Crippen MR) is 60.2 cm³/mol. The van der Waals surface area contributed by atoms with E-state index < -0.39 is 0 Å². The topological polar surface area (TPSA) is 21.3 Å². The Morgan fingerprint density at radius 1 is 1.47 bits per heavy atom. The second kappa shape index (κ2) is 5.66. The Balaban J connectivity index is 0.00000112. The van der Waals surface area contributed by atoms with E-state index >= 15 is 0 Å². The lowest BCUT2D eigenvalue weighted by atomic mass is 10.1. The summed E-state index contributed by atoms with van der Waals surface area (Å²) in [4.78, 5) is 0. The van der Waals surface area contributed by atoms with E-state index in [4.69, 9.17) is 16.3 Å². The maximum Gasteiger partial charge on any atom is 0.141 e. The van der Waals surface area contributed by atoms with Gasteiger partial charge in [-0.15, -0.1) is 12.4 Å². The fraction of sp³-hybridized carbons (Fsp3) is 0.400. The zero-order chi connectivity index (χ0) is 9.97. The zero-order valence-electron chi connectivity index (χ0n) is 8.00. The second-order valence-corrected chi connectivity index (χ2v) is 3.66. The molecule has 1 aliphatic heterocycles. The Labute approximate surface area is 99.2 Å². The van der Waals surface area contributed by atoms with Crippen LogP contribution >= 0.6 is 24.0 Å². The van der Waals surface area contributed by atoms with Gasteiger partial charge in [-0.2, -0.15) is 0 Å². The molecule has 2 nitrogen and oxygen atoms in total. The van der Waals surface area contributed by atoms with Crippen molar-refractivity contribution >= 4 is 24.0 Å². The van der Waals surface area contributed by atoms with Crippen LogP contribution in [0.5, 0.6) is 0 Å². The van der Waals surface area contributed by atoms with Gasteiger partial charge in [-0.1, -0.05) is 17.7 Å². The van der Waals surface area contributed by atoms with Gasteiger partial charge in [-0.05, 0) is 17.7 Å². The van der Waals surface area contributed by atoms with E-state index in [0.29, 0.717) is 6.61 Å². The Morgan fingerprint density at radius 3 is 2.87 bits per heavy atom. The molecule has 1 aliphatic rings. The Hall–Kier alpha value is -0.350. The summed E-state index contributed by atoms with van der Waals surface area (Å²) in [6.07, 6.45) is 0. The number of halogens is 3. The van der Waals surface area contributed by atoms with Crippen molar-refractivity contribution in [1.29, 1.82) is 0 Å². The minimum absolute atomic E-state index is 0. The van der Waals surface area contributed by atoms with Crippen molar-refractivity contribution in [2.45, 2.75) is 6.04 Å². The van der Waals surface area contributed by atoms with Gasteiger partial charge in [0, 0.05) is 6.54 Å². The molecule has 0 aromatic heterocycles. The van der Waals surface area contributed by atoms with Crippen molar-refractivity contribution in [2.24, 2.45) is 0 Å². The van der Waals surface area contributed by atoms with Gasteiger partial charge in [-0.3, -0.25) is 0 Å². The van der Waals surface area contributed by atoms with Gasteiger partial charge in [-0.25, -0.2) is 4.39 Å². The molecule has 0 bridgehead atoms. The van der Waals surface area contributed by atoms with E-state index in [0.717, 1.165) is 18.7 Å². The first-order valence-electron chi connectivity index (χ1n) is 4.53. The highest BCUT2D eigenvalue weighted by Crippen LogP contribution is 2.22. The largest absolute Gasteiger partial charge is 0.378 e. The molecule has 1 fully saturated rings. The summed E-state index contributed by atoms with van der Waals surface area (Å²) in [6.45, 7) is 2.16. The van der Waals surface area contributed by atoms with E-state index in [-0.39, 0.29) is 29.3 Å². The number of ether oxygens (including phenoxy) is 1. The van der Waals surface area contributed by atoms with Gasteiger partial charge < -0.3 is 10.1 Å². The van der Waals surface area contributed by atoms with Crippen molar-refractivity contribution in [1.82, 2.24) is 5.32 Å². The molecule has 1 atom stereocenters. The molecule has 1 aromatic rings. The maximum atomic E-state index is 12.9. The smallest absolute Gasteiger partial charge is 0.141 e. The molecule has 1 aromatic carbocycles. The van der Waals surface area contributed by atoms with Crippen LogP contribution in [-0.4, -0.2) is 19.8 Å². The minimum Gasteiger partial charge on any atom is -0.378 e. The van der Waals surface area contributed by atoms with Gasteiger partial charge in [0.1, 0.15) is 5.82 Å². The summed E-state index contributed by atoms with van der Waals surface area (Å²) in [6, 6.07) is 4.88. The molecule has 0 radical (unpaired) electrons. The van der Waals surface area contributed by atoms with Gasteiger partial charge in [0.25, 0.3) is 0 Å². The first-order valence-corrected chi connectivity index (χ1v) is 4.91. The fourth-order valence-corrected chi connectivity index (χ4v) is 1.70. The summed E-state index contributed by atoms with van der Waals surface area (Å²) in [7, 11) is 0. The molecule has 0 unspecified atom stereocenters. The van der Waals surface area contributed by atoms with Gasteiger partial charge >= 0.3 is 0 Å². The normalized spacial score (nSPS) is 20.8. The average molecular weight is 252 g/mol. The molecule has 84 valence electrons. The highest BCUT2D eigenvalue weighted by Gasteiger charge is 2.15. The van der Waals surface area contributed by atoms with Crippen LogP contribution in [0.15, 0.2) is 18.2 Å². The first kappa shape index (κ1) is 12.7. The average Bonchev–Trinajstić information content (AvgIpc) is 2.23. The number of rotatable bonds is 1. The van der Waals surface area contributed by atoms with Crippen LogP contribution in [0.25, 0.3) is 0 Å². The SMILES string of the molecule is Cl.Fc1ccc([C@H]2COCCN2)cc1Cl. The van der Waals surface area contributed by atoms with Crippen molar-refractivity contribution in [3.8, 4) is 0 Å². The van der Waals surface area contributed by atoms with Crippen LogP contribution in [0.2, 0.25) is 5.02 Å². The van der Waals surface area contributed by atoms with Gasteiger partial charge in [0.2, 0.25) is 0 Å². The molecule has 1 heterocycles. The lowest BCUT2D eigenvalue weighted by Gasteiger charge is -2.24. The molecule has 2 rings (SSSR count). The lowest BCUT2D eigenvalue weighted by Crippen LogP contribution is -2.34. The van der Waals surface area contributed by atoms with E-state index in [1.165, 1.54) is 6.07 Å². The quantitative estimate of drug-likeness (QED) is 0.829. The predicted octanol–water partition coefficient (Wildman–Crippen LogP) is 2.56. The number of benzene rings is 1. The molecule has 15 heavy (non-hydrogen) atoms. The first-order chi connectivity index (χ1) is 6.77. The molecule has 0 aliphatic carbocycles. The third-order valence-electron chi connectivity index (χ3n) is 2.27.